The normalized spacial score (nSPS) is 20.4. The Balaban J connectivity index is 1.83. The van der Waals surface area contributed by atoms with Gasteiger partial charge in [0.25, 0.3) is 0 Å². The highest BCUT2D eigenvalue weighted by molar-refractivity contribution is 6.31. The van der Waals surface area contributed by atoms with Gasteiger partial charge in [0.1, 0.15) is 0 Å². The molecule has 1 aromatic carbocycles. The number of piperazine rings is 1. The summed E-state index contributed by atoms with van der Waals surface area (Å²) >= 11 is 6.08. The van der Waals surface area contributed by atoms with E-state index in [9.17, 15) is 4.79 Å². The minimum atomic E-state index is 0.0120. The molecule has 0 aromatic heterocycles. The Morgan fingerprint density at radius 2 is 2.19 bits per heavy atom. The van der Waals surface area contributed by atoms with E-state index in [2.05, 4.69) is 22.2 Å². The maximum absolute atomic E-state index is 12.1. The first-order valence-corrected chi connectivity index (χ1v) is 7.60. The first kappa shape index (κ1) is 16.2. The van der Waals surface area contributed by atoms with Gasteiger partial charge in [-0.1, -0.05) is 29.8 Å². The zero-order valence-electron chi connectivity index (χ0n) is 12.4. The summed E-state index contributed by atoms with van der Waals surface area (Å²) in [5, 5.41) is 3.60. The van der Waals surface area contributed by atoms with E-state index < -0.39 is 0 Å². The summed E-state index contributed by atoms with van der Waals surface area (Å²) in [4.78, 5) is 16.5. The molecule has 0 aliphatic carbocycles. The summed E-state index contributed by atoms with van der Waals surface area (Å²) in [6, 6.07) is 7.78. The van der Waals surface area contributed by atoms with E-state index >= 15 is 0 Å². The molecule has 6 heteroatoms. The minimum Gasteiger partial charge on any atom is -0.351 e. The van der Waals surface area contributed by atoms with Crippen molar-refractivity contribution in [2.45, 2.75) is 12.6 Å². The molecule has 1 unspecified atom stereocenters. The van der Waals surface area contributed by atoms with Crippen LogP contribution in [0.4, 0.5) is 0 Å². The topological polar surface area (TPSA) is 61.6 Å². The van der Waals surface area contributed by atoms with Crippen LogP contribution >= 0.6 is 11.6 Å². The number of carbonyl (C=O) groups excluding carboxylic acids is 1. The summed E-state index contributed by atoms with van der Waals surface area (Å²) in [6.45, 7) is 4.17. The molecule has 0 radical (unpaired) electrons. The molecule has 1 aliphatic rings. The van der Waals surface area contributed by atoms with Crippen LogP contribution in [0.15, 0.2) is 24.3 Å². The standard InChI is InChI=1S/C15H23ClN4O/c1-19-6-7-20(13(8-17)10-19)11-15(21)18-9-12-4-2-3-5-14(12)16/h2-5,13H,6-11,17H2,1H3,(H,18,21). The molecule has 2 rings (SSSR count). The predicted molar refractivity (Wildman–Crippen MR) is 85.2 cm³/mol. The summed E-state index contributed by atoms with van der Waals surface area (Å²) in [6.07, 6.45) is 0. The van der Waals surface area contributed by atoms with E-state index in [1.54, 1.807) is 0 Å². The molecule has 1 fully saturated rings. The van der Waals surface area contributed by atoms with Gasteiger partial charge in [0.2, 0.25) is 5.91 Å². The first-order chi connectivity index (χ1) is 10.1. The van der Waals surface area contributed by atoms with Crippen LogP contribution in [0.25, 0.3) is 0 Å². The molecular formula is C15H23ClN4O. The second-order valence-corrected chi connectivity index (χ2v) is 5.90. The van der Waals surface area contributed by atoms with Crippen LogP contribution in [0.2, 0.25) is 5.02 Å². The van der Waals surface area contributed by atoms with Crippen LogP contribution in [-0.4, -0.2) is 61.5 Å². The van der Waals surface area contributed by atoms with Gasteiger partial charge in [0.15, 0.2) is 0 Å². The van der Waals surface area contributed by atoms with Crippen LogP contribution < -0.4 is 11.1 Å². The Kier molecular flexibility index (Phi) is 5.99. The summed E-state index contributed by atoms with van der Waals surface area (Å²) in [7, 11) is 2.08. The van der Waals surface area contributed by atoms with Crippen molar-refractivity contribution in [1.82, 2.24) is 15.1 Å². The number of amides is 1. The van der Waals surface area contributed by atoms with Crippen molar-refractivity contribution >= 4 is 17.5 Å². The number of likely N-dealkylation sites (N-methyl/N-ethyl adjacent to an activating group) is 1. The van der Waals surface area contributed by atoms with Crippen LogP contribution in [0.1, 0.15) is 5.56 Å². The van der Waals surface area contributed by atoms with E-state index in [4.69, 9.17) is 17.3 Å². The fourth-order valence-corrected chi connectivity index (χ4v) is 2.76. The number of halogens is 1. The van der Waals surface area contributed by atoms with E-state index in [1.807, 2.05) is 24.3 Å². The van der Waals surface area contributed by atoms with Gasteiger partial charge in [-0.3, -0.25) is 9.69 Å². The van der Waals surface area contributed by atoms with Crippen molar-refractivity contribution in [3.63, 3.8) is 0 Å². The number of carbonyl (C=O) groups is 1. The zero-order chi connectivity index (χ0) is 15.2. The molecule has 1 amide bonds. The lowest BCUT2D eigenvalue weighted by Crippen LogP contribution is -2.56. The second-order valence-electron chi connectivity index (χ2n) is 5.49. The number of nitrogens with zero attached hydrogens (tertiary/aromatic N) is 2. The van der Waals surface area contributed by atoms with Crippen LogP contribution in [0.3, 0.4) is 0 Å². The van der Waals surface area contributed by atoms with Crippen LogP contribution in [0.5, 0.6) is 0 Å². The Morgan fingerprint density at radius 3 is 2.90 bits per heavy atom. The monoisotopic (exact) mass is 310 g/mol. The van der Waals surface area contributed by atoms with Crippen molar-refractivity contribution in [2.24, 2.45) is 5.73 Å². The Bertz CT molecular complexity index is 482. The maximum Gasteiger partial charge on any atom is 0.234 e. The van der Waals surface area contributed by atoms with Crippen molar-refractivity contribution in [3.05, 3.63) is 34.9 Å². The van der Waals surface area contributed by atoms with Crippen molar-refractivity contribution in [1.29, 1.82) is 0 Å². The molecule has 0 spiro atoms. The highest BCUT2D eigenvalue weighted by Gasteiger charge is 2.25. The third-order valence-corrected chi connectivity index (χ3v) is 4.23. The molecule has 1 atom stereocenters. The lowest BCUT2D eigenvalue weighted by molar-refractivity contribution is -0.123. The molecular weight excluding hydrogens is 288 g/mol. The molecule has 1 aromatic rings. The number of benzene rings is 1. The van der Waals surface area contributed by atoms with Crippen molar-refractivity contribution < 1.29 is 4.79 Å². The number of hydrogen-bond acceptors (Lipinski definition) is 4. The van der Waals surface area contributed by atoms with Gasteiger partial charge in [-0.15, -0.1) is 0 Å². The molecule has 0 bridgehead atoms. The Labute approximate surface area is 131 Å². The quantitative estimate of drug-likeness (QED) is 0.833. The molecule has 21 heavy (non-hydrogen) atoms. The largest absolute Gasteiger partial charge is 0.351 e. The first-order valence-electron chi connectivity index (χ1n) is 7.23. The van der Waals surface area contributed by atoms with Crippen LogP contribution in [-0.2, 0) is 11.3 Å². The third-order valence-electron chi connectivity index (χ3n) is 3.86. The maximum atomic E-state index is 12.1. The fourth-order valence-electron chi connectivity index (χ4n) is 2.56. The van der Waals surface area contributed by atoms with Crippen LogP contribution in [0, 0.1) is 0 Å². The van der Waals surface area contributed by atoms with Gasteiger partial charge < -0.3 is 16.0 Å². The number of nitrogens with one attached hydrogen (secondary N) is 1. The number of nitrogens with two attached hydrogens (primary N) is 1. The van der Waals surface area contributed by atoms with Crippen molar-refractivity contribution in [3.8, 4) is 0 Å². The highest BCUT2D eigenvalue weighted by atomic mass is 35.5. The number of hydrogen-bond donors (Lipinski definition) is 2. The SMILES string of the molecule is CN1CCN(CC(=O)NCc2ccccc2Cl)C(CN)C1. The lowest BCUT2D eigenvalue weighted by atomic mass is 10.1. The van der Waals surface area contributed by atoms with Gasteiger partial charge in [0.05, 0.1) is 6.54 Å². The molecule has 1 heterocycles. The van der Waals surface area contributed by atoms with E-state index in [1.165, 1.54) is 0 Å². The molecule has 1 saturated heterocycles. The molecule has 1 aliphatic heterocycles. The molecule has 116 valence electrons. The summed E-state index contributed by atoms with van der Waals surface area (Å²) in [5.41, 5.74) is 6.73. The Morgan fingerprint density at radius 1 is 1.43 bits per heavy atom. The molecule has 0 saturated carbocycles. The average Bonchev–Trinajstić information content (AvgIpc) is 2.48. The summed E-state index contributed by atoms with van der Waals surface area (Å²) < 4.78 is 0. The lowest BCUT2D eigenvalue weighted by Gasteiger charge is -2.39. The van der Waals surface area contributed by atoms with E-state index in [0.717, 1.165) is 25.2 Å². The predicted octanol–water partition coefficient (Wildman–Crippen LogP) is 0.531. The van der Waals surface area contributed by atoms with Gasteiger partial charge in [-0.25, -0.2) is 0 Å². The molecule has 3 N–H and O–H groups in total. The van der Waals surface area contributed by atoms with Crippen molar-refractivity contribution in [2.75, 3.05) is 39.8 Å². The Hall–Kier alpha value is -1.14. The smallest absolute Gasteiger partial charge is 0.234 e. The fraction of sp³-hybridized carbons (Fsp3) is 0.533. The zero-order valence-corrected chi connectivity index (χ0v) is 13.1. The molecule has 5 nitrogen and oxygen atoms in total. The summed E-state index contributed by atoms with van der Waals surface area (Å²) in [5.74, 6) is 0.0120. The number of rotatable bonds is 5. The van der Waals surface area contributed by atoms with E-state index in [0.29, 0.717) is 24.7 Å². The van der Waals surface area contributed by atoms with E-state index in [-0.39, 0.29) is 11.9 Å². The third kappa shape index (κ3) is 4.68. The minimum absolute atomic E-state index is 0.0120. The van der Waals surface area contributed by atoms with Gasteiger partial charge >= 0.3 is 0 Å². The average molecular weight is 311 g/mol. The second kappa shape index (κ2) is 7.75. The van der Waals surface area contributed by atoms with Gasteiger partial charge in [-0.05, 0) is 18.7 Å². The van der Waals surface area contributed by atoms with Gasteiger partial charge in [-0.2, -0.15) is 0 Å². The highest BCUT2D eigenvalue weighted by Crippen LogP contribution is 2.14. The van der Waals surface area contributed by atoms with Gasteiger partial charge in [0, 0.05) is 43.8 Å².